The second-order valence-electron chi connectivity index (χ2n) is 10.7. The van der Waals surface area contributed by atoms with Crippen LogP contribution < -0.4 is 5.32 Å². The lowest BCUT2D eigenvalue weighted by Crippen LogP contribution is -2.40. The van der Waals surface area contributed by atoms with Crippen molar-refractivity contribution in [1.82, 2.24) is 9.88 Å². The SMILES string of the molecule is COC(=O)C1CCCC(N2Cc3ccc(-c4ccc(NC(=O)c5nc(-c6ccccc6)oc5C)cc4)cc3C2=O)C1. The van der Waals surface area contributed by atoms with Gasteiger partial charge in [0.05, 0.1) is 13.0 Å². The quantitative estimate of drug-likeness (QED) is 0.285. The van der Waals surface area contributed by atoms with Gasteiger partial charge in [-0.2, -0.15) is 0 Å². The van der Waals surface area contributed by atoms with E-state index in [1.807, 2.05) is 77.7 Å². The van der Waals surface area contributed by atoms with Gasteiger partial charge in [-0.3, -0.25) is 14.4 Å². The van der Waals surface area contributed by atoms with E-state index in [1.54, 1.807) is 6.92 Å². The van der Waals surface area contributed by atoms with Gasteiger partial charge in [0, 0.05) is 29.4 Å². The number of carbonyl (C=O) groups excluding carboxylic acids is 3. The van der Waals surface area contributed by atoms with Crippen LogP contribution in [0.1, 0.15) is 57.9 Å². The molecule has 8 nitrogen and oxygen atoms in total. The number of nitrogens with zero attached hydrogens (tertiary/aromatic N) is 2. The molecule has 1 aromatic heterocycles. The van der Waals surface area contributed by atoms with E-state index in [2.05, 4.69) is 10.3 Å². The Kier molecular flexibility index (Phi) is 7.14. The Morgan fingerprint density at radius 1 is 0.976 bits per heavy atom. The first-order valence-corrected chi connectivity index (χ1v) is 13.9. The summed E-state index contributed by atoms with van der Waals surface area (Å²) in [6, 6.07) is 23.0. The number of anilines is 1. The number of carbonyl (C=O) groups is 3. The number of aryl methyl sites for hydroxylation is 1. The molecule has 2 unspecified atom stereocenters. The summed E-state index contributed by atoms with van der Waals surface area (Å²) < 4.78 is 10.7. The number of methoxy groups -OCH3 is 1. The molecule has 2 aliphatic rings. The second kappa shape index (κ2) is 11.0. The highest BCUT2D eigenvalue weighted by Crippen LogP contribution is 2.35. The first-order chi connectivity index (χ1) is 19.9. The molecule has 2 amide bonds. The molecule has 2 heterocycles. The predicted octanol–water partition coefficient (Wildman–Crippen LogP) is 6.26. The molecule has 6 rings (SSSR count). The maximum Gasteiger partial charge on any atom is 0.308 e. The maximum atomic E-state index is 13.4. The predicted molar refractivity (Wildman–Crippen MR) is 154 cm³/mol. The minimum atomic E-state index is -0.346. The summed E-state index contributed by atoms with van der Waals surface area (Å²) >= 11 is 0. The summed E-state index contributed by atoms with van der Waals surface area (Å²) in [4.78, 5) is 44.7. The van der Waals surface area contributed by atoms with E-state index in [-0.39, 0.29) is 35.4 Å². The Morgan fingerprint density at radius 3 is 2.49 bits per heavy atom. The highest BCUT2D eigenvalue weighted by Gasteiger charge is 2.37. The fraction of sp³-hybridized carbons (Fsp3) is 0.273. The highest BCUT2D eigenvalue weighted by molar-refractivity contribution is 6.04. The number of amides is 2. The normalized spacial score (nSPS) is 18.2. The van der Waals surface area contributed by atoms with E-state index in [0.717, 1.165) is 41.5 Å². The number of rotatable bonds is 6. The molecule has 1 saturated carbocycles. The van der Waals surface area contributed by atoms with Crippen molar-refractivity contribution in [3.05, 3.63) is 95.4 Å². The van der Waals surface area contributed by atoms with Gasteiger partial charge in [0.25, 0.3) is 11.8 Å². The zero-order chi connectivity index (χ0) is 28.5. The van der Waals surface area contributed by atoms with E-state index in [1.165, 1.54) is 7.11 Å². The number of ether oxygens (including phenoxy) is 1. The van der Waals surface area contributed by atoms with Crippen LogP contribution >= 0.6 is 0 Å². The Morgan fingerprint density at radius 2 is 1.73 bits per heavy atom. The molecule has 1 N–H and O–H groups in total. The van der Waals surface area contributed by atoms with Crippen LogP contribution in [0.4, 0.5) is 5.69 Å². The molecule has 3 aromatic carbocycles. The number of benzene rings is 3. The third-order valence-corrected chi connectivity index (χ3v) is 8.07. The minimum absolute atomic E-state index is 0.0131. The summed E-state index contributed by atoms with van der Waals surface area (Å²) in [6.45, 7) is 2.28. The largest absolute Gasteiger partial charge is 0.469 e. The van der Waals surface area contributed by atoms with Crippen LogP contribution in [0.5, 0.6) is 0 Å². The fourth-order valence-electron chi connectivity index (χ4n) is 5.87. The van der Waals surface area contributed by atoms with E-state index in [4.69, 9.17) is 9.15 Å². The van der Waals surface area contributed by atoms with Gasteiger partial charge in [-0.05, 0) is 73.2 Å². The third-order valence-electron chi connectivity index (χ3n) is 8.07. The van der Waals surface area contributed by atoms with Crippen LogP contribution in [-0.2, 0) is 16.1 Å². The Balaban J connectivity index is 1.14. The van der Waals surface area contributed by atoms with E-state index in [0.29, 0.717) is 35.9 Å². The average molecular weight is 550 g/mol. The van der Waals surface area contributed by atoms with Gasteiger partial charge in [0.15, 0.2) is 5.69 Å². The maximum absolute atomic E-state index is 13.4. The molecule has 2 atom stereocenters. The van der Waals surface area contributed by atoms with Crippen molar-refractivity contribution in [2.24, 2.45) is 5.92 Å². The van der Waals surface area contributed by atoms with Crippen LogP contribution in [0.15, 0.2) is 77.2 Å². The number of fused-ring (bicyclic) bond motifs is 1. The molecule has 0 saturated heterocycles. The van der Waals surface area contributed by atoms with Crippen molar-refractivity contribution in [3.8, 4) is 22.6 Å². The van der Waals surface area contributed by atoms with Gasteiger partial charge in [-0.15, -0.1) is 0 Å². The second-order valence-corrected chi connectivity index (χ2v) is 10.7. The summed E-state index contributed by atoms with van der Waals surface area (Å²) in [5.41, 5.74) is 5.24. The summed E-state index contributed by atoms with van der Waals surface area (Å²) in [5.74, 6) is 0.183. The van der Waals surface area contributed by atoms with Crippen molar-refractivity contribution in [2.75, 3.05) is 12.4 Å². The number of hydrogen-bond acceptors (Lipinski definition) is 6. The molecule has 8 heteroatoms. The van der Waals surface area contributed by atoms with E-state index < -0.39 is 0 Å². The first-order valence-electron chi connectivity index (χ1n) is 13.9. The molecule has 1 aliphatic carbocycles. The molecular weight excluding hydrogens is 518 g/mol. The lowest BCUT2D eigenvalue weighted by Gasteiger charge is -2.34. The van der Waals surface area contributed by atoms with Gasteiger partial charge in [0.2, 0.25) is 5.89 Å². The van der Waals surface area contributed by atoms with Gasteiger partial charge in [-0.25, -0.2) is 4.98 Å². The van der Waals surface area contributed by atoms with E-state index in [9.17, 15) is 14.4 Å². The van der Waals surface area contributed by atoms with Crippen molar-refractivity contribution in [3.63, 3.8) is 0 Å². The molecule has 41 heavy (non-hydrogen) atoms. The molecular formula is C33H31N3O5. The van der Waals surface area contributed by atoms with Gasteiger partial charge >= 0.3 is 5.97 Å². The molecule has 0 bridgehead atoms. The molecule has 0 radical (unpaired) electrons. The Bertz CT molecular complexity index is 1610. The van der Waals surface area contributed by atoms with Crippen LogP contribution in [0.25, 0.3) is 22.6 Å². The standard InChI is InChI=1S/C33H31N3O5/c1-20-29(35-31(41-20)22-7-4-3-5-8-22)30(37)34-26-15-13-21(14-16-26)23-11-12-25-19-36(32(38)28(25)18-23)27-10-6-9-24(17-27)33(39)40-2/h3-5,7-8,11-16,18,24,27H,6,9-10,17,19H2,1-2H3,(H,34,37). The minimum Gasteiger partial charge on any atom is -0.469 e. The summed E-state index contributed by atoms with van der Waals surface area (Å²) in [7, 11) is 1.42. The van der Waals surface area contributed by atoms with Crippen LogP contribution in [0.3, 0.4) is 0 Å². The number of esters is 1. The molecule has 208 valence electrons. The Labute approximate surface area is 238 Å². The monoisotopic (exact) mass is 549 g/mol. The number of nitrogens with one attached hydrogen (secondary N) is 1. The molecule has 1 fully saturated rings. The molecule has 0 spiro atoms. The molecule has 4 aromatic rings. The van der Waals surface area contributed by atoms with Gasteiger partial charge in [0.1, 0.15) is 5.76 Å². The zero-order valence-electron chi connectivity index (χ0n) is 23.1. The zero-order valence-corrected chi connectivity index (χ0v) is 23.1. The van der Waals surface area contributed by atoms with Crippen LogP contribution in [-0.4, -0.2) is 40.8 Å². The van der Waals surface area contributed by atoms with Crippen molar-refractivity contribution >= 4 is 23.5 Å². The highest BCUT2D eigenvalue weighted by atomic mass is 16.5. The third kappa shape index (κ3) is 5.25. The summed E-state index contributed by atoms with van der Waals surface area (Å²) in [6.07, 6.45) is 3.26. The van der Waals surface area contributed by atoms with Crippen LogP contribution in [0, 0.1) is 12.8 Å². The topological polar surface area (TPSA) is 102 Å². The number of aromatic nitrogens is 1. The number of oxazole rings is 1. The smallest absolute Gasteiger partial charge is 0.308 e. The lowest BCUT2D eigenvalue weighted by atomic mass is 9.85. The van der Waals surface area contributed by atoms with E-state index >= 15 is 0 Å². The van der Waals surface area contributed by atoms with Crippen molar-refractivity contribution in [1.29, 1.82) is 0 Å². The summed E-state index contributed by atoms with van der Waals surface area (Å²) in [5, 5.41) is 2.89. The first kappa shape index (κ1) is 26.5. The van der Waals surface area contributed by atoms with Crippen molar-refractivity contribution in [2.45, 2.75) is 45.2 Å². The van der Waals surface area contributed by atoms with Crippen molar-refractivity contribution < 1.29 is 23.5 Å². The fourth-order valence-corrected chi connectivity index (χ4v) is 5.87. The van der Waals surface area contributed by atoms with Gasteiger partial charge < -0.3 is 19.4 Å². The molecule has 1 aliphatic heterocycles. The number of hydrogen-bond donors (Lipinski definition) is 1. The van der Waals surface area contributed by atoms with Gasteiger partial charge in [-0.1, -0.05) is 48.9 Å². The van der Waals surface area contributed by atoms with Crippen LogP contribution in [0.2, 0.25) is 0 Å². The lowest BCUT2D eigenvalue weighted by molar-refractivity contribution is -0.147. The average Bonchev–Trinajstić information content (AvgIpc) is 3.57. The Hall–Kier alpha value is -4.72.